The van der Waals surface area contributed by atoms with Crippen LogP contribution < -0.4 is 0 Å². The standard InChI is InChI=1S/C25H27F3N4O2S2/c1-14-21(35-15(2)29-14)22-30-31-23(32(22)24-10-17-7-18(11-24)9-19(8-17)12-24)36(33,34)13-16-3-5-20(6-4-16)25(26,27)28/h3-6,17-19H,7-13H2,1-2H3. The van der Waals surface area contributed by atoms with Gasteiger partial charge in [-0.25, -0.2) is 13.4 Å². The Balaban J connectivity index is 1.45. The Morgan fingerprint density at radius 3 is 2.08 bits per heavy atom. The first-order valence-electron chi connectivity index (χ1n) is 12.2. The number of hydrogen-bond donors (Lipinski definition) is 0. The molecule has 36 heavy (non-hydrogen) atoms. The fourth-order valence-corrected chi connectivity index (χ4v) is 9.58. The normalized spacial score (nSPS) is 27.6. The van der Waals surface area contributed by atoms with Crippen molar-refractivity contribution in [3.8, 4) is 10.7 Å². The first kappa shape index (κ1) is 24.1. The summed E-state index contributed by atoms with van der Waals surface area (Å²) in [6.07, 6.45) is 1.84. The zero-order valence-electron chi connectivity index (χ0n) is 20.0. The van der Waals surface area contributed by atoms with Crippen molar-refractivity contribution in [3.63, 3.8) is 0 Å². The van der Waals surface area contributed by atoms with Crippen molar-refractivity contribution < 1.29 is 21.6 Å². The molecule has 4 aliphatic rings. The molecule has 0 amide bonds. The van der Waals surface area contributed by atoms with E-state index >= 15 is 0 Å². The van der Waals surface area contributed by atoms with Crippen LogP contribution in [-0.4, -0.2) is 28.2 Å². The Labute approximate surface area is 211 Å². The van der Waals surface area contributed by atoms with Gasteiger partial charge in [0.15, 0.2) is 5.82 Å². The molecule has 192 valence electrons. The quantitative estimate of drug-likeness (QED) is 0.404. The number of aromatic nitrogens is 4. The van der Waals surface area contributed by atoms with Crippen LogP contribution in [0.2, 0.25) is 0 Å². The number of halogens is 3. The molecule has 3 aromatic rings. The molecular formula is C25H27F3N4O2S2. The van der Waals surface area contributed by atoms with Crippen LogP contribution in [0.15, 0.2) is 29.4 Å². The Morgan fingerprint density at radius 2 is 1.58 bits per heavy atom. The number of alkyl halides is 3. The van der Waals surface area contributed by atoms with E-state index in [-0.39, 0.29) is 16.3 Å². The van der Waals surface area contributed by atoms with Crippen LogP contribution in [0.25, 0.3) is 10.7 Å². The van der Waals surface area contributed by atoms with Crippen molar-refractivity contribution in [1.82, 2.24) is 19.7 Å². The summed E-state index contributed by atoms with van der Waals surface area (Å²) in [6.45, 7) is 3.81. The number of thiazole rings is 1. The monoisotopic (exact) mass is 536 g/mol. The summed E-state index contributed by atoms with van der Waals surface area (Å²) in [7, 11) is -3.99. The third kappa shape index (κ3) is 3.98. The molecule has 0 unspecified atom stereocenters. The van der Waals surface area contributed by atoms with Gasteiger partial charge < -0.3 is 0 Å². The molecule has 1 aromatic carbocycles. The van der Waals surface area contributed by atoms with E-state index in [4.69, 9.17) is 0 Å². The molecule has 4 fully saturated rings. The number of aryl methyl sites for hydroxylation is 2. The topological polar surface area (TPSA) is 77.7 Å². The first-order valence-corrected chi connectivity index (χ1v) is 14.7. The van der Waals surface area contributed by atoms with Gasteiger partial charge in [-0.2, -0.15) is 13.2 Å². The predicted molar refractivity (Wildman–Crippen MR) is 129 cm³/mol. The second-order valence-corrected chi connectivity index (χ2v) is 14.0. The van der Waals surface area contributed by atoms with Crippen LogP contribution in [-0.2, 0) is 27.3 Å². The molecule has 4 aliphatic carbocycles. The Morgan fingerprint density at radius 1 is 1.00 bits per heavy atom. The lowest BCUT2D eigenvalue weighted by molar-refractivity contribution is -0.137. The minimum absolute atomic E-state index is 0.0789. The fourth-order valence-electron chi connectivity index (χ4n) is 7.20. The summed E-state index contributed by atoms with van der Waals surface area (Å²) in [5, 5.41) is 9.47. The molecule has 2 heterocycles. The van der Waals surface area contributed by atoms with Crippen molar-refractivity contribution in [2.45, 2.75) is 75.0 Å². The molecule has 0 saturated heterocycles. The molecular weight excluding hydrogens is 509 g/mol. The van der Waals surface area contributed by atoms with E-state index in [2.05, 4.69) is 15.2 Å². The summed E-state index contributed by atoms with van der Waals surface area (Å²) in [5.41, 5.74) is -0.0869. The zero-order valence-corrected chi connectivity index (χ0v) is 21.7. The molecule has 7 rings (SSSR count). The predicted octanol–water partition coefficient (Wildman–Crippen LogP) is 5.94. The number of nitrogens with zero attached hydrogens (tertiary/aromatic N) is 4. The first-order chi connectivity index (χ1) is 16.9. The highest BCUT2D eigenvalue weighted by molar-refractivity contribution is 7.90. The average Bonchev–Trinajstić information content (AvgIpc) is 3.36. The molecule has 0 radical (unpaired) electrons. The fraction of sp³-hybridized carbons (Fsp3) is 0.560. The Hall–Kier alpha value is -2.27. The van der Waals surface area contributed by atoms with E-state index in [9.17, 15) is 21.6 Å². The third-order valence-corrected chi connectivity index (χ3v) is 10.7. The van der Waals surface area contributed by atoms with Gasteiger partial charge in [0.1, 0.15) is 0 Å². The molecule has 6 nitrogen and oxygen atoms in total. The van der Waals surface area contributed by atoms with Crippen molar-refractivity contribution in [3.05, 3.63) is 46.1 Å². The lowest BCUT2D eigenvalue weighted by Crippen LogP contribution is -2.52. The van der Waals surface area contributed by atoms with Crippen LogP contribution in [0, 0.1) is 31.6 Å². The van der Waals surface area contributed by atoms with Crippen molar-refractivity contribution in [1.29, 1.82) is 0 Å². The van der Waals surface area contributed by atoms with E-state index in [1.54, 1.807) is 0 Å². The summed E-state index contributed by atoms with van der Waals surface area (Å²) >= 11 is 1.48. The molecule has 4 saturated carbocycles. The van der Waals surface area contributed by atoms with E-state index in [1.165, 1.54) is 42.7 Å². The summed E-state index contributed by atoms with van der Waals surface area (Å²) in [6, 6.07) is 4.29. The number of benzene rings is 1. The molecule has 0 N–H and O–H groups in total. The molecule has 4 bridgehead atoms. The van der Waals surface area contributed by atoms with Gasteiger partial charge in [0.25, 0.3) is 5.16 Å². The van der Waals surface area contributed by atoms with Gasteiger partial charge in [-0.3, -0.25) is 4.57 Å². The largest absolute Gasteiger partial charge is 0.416 e. The van der Waals surface area contributed by atoms with Crippen LogP contribution in [0.1, 0.15) is 60.4 Å². The molecule has 2 aromatic heterocycles. The second-order valence-electron chi connectivity index (χ2n) is 10.9. The van der Waals surface area contributed by atoms with Gasteiger partial charge in [0.2, 0.25) is 9.84 Å². The van der Waals surface area contributed by atoms with Crippen LogP contribution in [0.3, 0.4) is 0 Å². The maximum absolute atomic E-state index is 13.8. The summed E-state index contributed by atoms with van der Waals surface area (Å²) in [5.74, 6) is 1.82. The molecule has 11 heteroatoms. The van der Waals surface area contributed by atoms with Gasteiger partial charge in [-0.15, -0.1) is 21.5 Å². The van der Waals surface area contributed by atoms with Gasteiger partial charge in [0, 0.05) is 5.54 Å². The van der Waals surface area contributed by atoms with E-state index in [0.717, 1.165) is 47.0 Å². The second kappa shape index (κ2) is 8.11. The average molecular weight is 537 g/mol. The Kier molecular flexibility index (Phi) is 5.43. The van der Waals surface area contributed by atoms with Crippen molar-refractivity contribution in [2.24, 2.45) is 17.8 Å². The third-order valence-electron chi connectivity index (χ3n) is 8.14. The summed E-state index contributed by atoms with van der Waals surface area (Å²) < 4.78 is 68.4. The highest BCUT2D eigenvalue weighted by Gasteiger charge is 2.54. The van der Waals surface area contributed by atoms with E-state index in [0.29, 0.717) is 23.6 Å². The lowest BCUT2D eigenvalue weighted by Gasteiger charge is -2.57. The van der Waals surface area contributed by atoms with Crippen molar-refractivity contribution >= 4 is 21.2 Å². The Bertz CT molecular complexity index is 1390. The number of rotatable bonds is 5. The van der Waals surface area contributed by atoms with Gasteiger partial charge in [-0.1, -0.05) is 12.1 Å². The van der Waals surface area contributed by atoms with Crippen molar-refractivity contribution in [2.75, 3.05) is 0 Å². The van der Waals surface area contributed by atoms with E-state index in [1.807, 2.05) is 18.4 Å². The zero-order chi connectivity index (χ0) is 25.5. The molecule has 0 aliphatic heterocycles. The van der Waals surface area contributed by atoms with Crippen LogP contribution in [0.4, 0.5) is 13.2 Å². The van der Waals surface area contributed by atoms with Gasteiger partial charge in [0.05, 0.1) is 26.9 Å². The van der Waals surface area contributed by atoms with Gasteiger partial charge >= 0.3 is 6.18 Å². The number of hydrogen-bond acceptors (Lipinski definition) is 6. The van der Waals surface area contributed by atoms with Crippen LogP contribution in [0.5, 0.6) is 0 Å². The highest BCUT2D eigenvalue weighted by atomic mass is 32.2. The number of sulfone groups is 1. The molecule has 0 spiro atoms. The van der Waals surface area contributed by atoms with E-state index < -0.39 is 27.3 Å². The maximum Gasteiger partial charge on any atom is 0.416 e. The smallest absolute Gasteiger partial charge is 0.291 e. The van der Waals surface area contributed by atoms with Gasteiger partial charge in [-0.05, 0) is 87.8 Å². The summed E-state index contributed by atoms with van der Waals surface area (Å²) in [4.78, 5) is 5.36. The lowest BCUT2D eigenvalue weighted by atomic mass is 9.53. The maximum atomic E-state index is 13.8. The SMILES string of the molecule is Cc1nc(C)c(-c2nnc(S(=O)(=O)Cc3ccc(C(F)(F)F)cc3)n2C23CC4CC(CC(C4)C2)C3)s1. The minimum Gasteiger partial charge on any atom is -0.291 e. The van der Waals surface area contributed by atoms with Crippen LogP contribution >= 0.6 is 11.3 Å². The molecule has 0 atom stereocenters. The highest BCUT2D eigenvalue weighted by Crippen LogP contribution is 2.60. The minimum atomic E-state index is -4.48.